The predicted octanol–water partition coefficient (Wildman–Crippen LogP) is -0.962. The Labute approximate surface area is 113 Å². The summed E-state index contributed by atoms with van der Waals surface area (Å²) in [4.78, 5) is 27.5. The molecule has 0 aromatic rings. The van der Waals surface area contributed by atoms with Crippen LogP contribution in [0.3, 0.4) is 0 Å². The molecule has 2 N–H and O–H groups in total. The first-order chi connectivity index (χ1) is 9.09. The fourth-order valence-corrected chi connectivity index (χ4v) is 2.68. The molecule has 0 bridgehead atoms. The Morgan fingerprint density at radius 1 is 1.16 bits per heavy atom. The third-order valence-electron chi connectivity index (χ3n) is 4.00. The molecule has 0 aliphatic carbocycles. The van der Waals surface area contributed by atoms with Crippen molar-refractivity contribution in [3.63, 3.8) is 0 Å². The zero-order valence-electron chi connectivity index (χ0n) is 11.5. The minimum atomic E-state index is -0.421. The highest BCUT2D eigenvalue weighted by Crippen LogP contribution is 2.20. The van der Waals surface area contributed by atoms with Crippen molar-refractivity contribution in [2.45, 2.75) is 25.9 Å². The largest absolute Gasteiger partial charge is 0.393 e. The molecular weight excluding hydrogens is 246 g/mol. The van der Waals surface area contributed by atoms with Crippen molar-refractivity contribution in [3.8, 4) is 0 Å². The van der Waals surface area contributed by atoms with E-state index in [1.54, 1.807) is 16.7 Å². The van der Waals surface area contributed by atoms with Gasteiger partial charge in [0.05, 0.1) is 6.10 Å². The first-order valence-electron chi connectivity index (χ1n) is 7.06. The lowest BCUT2D eigenvalue weighted by atomic mass is 10.0. The fraction of sp³-hybridized carbons (Fsp3) is 0.846. The lowest BCUT2D eigenvalue weighted by Gasteiger charge is -2.23. The SMILES string of the molecule is CC(O)C1CCN(C(=O)C(=O)N2CCCNCC2)C1. The number of rotatable bonds is 1. The molecule has 2 unspecified atom stereocenters. The predicted molar refractivity (Wildman–Crippen MR) is 70.4 cm³/mol. The van der Waals surface area contributed by atoms with E-state index < -0.39 is 17.9 Å². The third kappa shape index (κ3) is 3.45. The van der Waals surface area contributed by atoms with Gasteiger partial charge < -0.3 is 20.2 Å². The molecule has 108 valence electrons. The molecule has 2 aliphatic heterocycles. The molecule has 2 atom stereocenters. The minimum Gasteiger partial charge on any atom is -0.393 e. The van der Waals surface area contributed by atoms with Crippen molar-refractivity contribution in [1.82, 2.24) is 15.1 Å². The number of likely N-dealkylation sites (tertiary alicyclic amines) is 1. The normalized spacial score (nSPS) is 26.1. The van der Waals surface area contributed by atoms with Crippen molar-refractivity contribution in [2.75, 3.05) is 39.3 Å². The molecule has 0 aromatic carbocycles. The van der Waals surface area contributed by atoms with Gasteiger partial charge in [0, 0.05) is 38.6 Å². The number of aliphatic hydroxyl groups excluding tert-OH is 1. The monoisotopic (exact) mass is 269 g/mol. The van der Waals surface area contributed by atoms with Gasteiger partial charge in [-0.25, -0.2) is 0 Å². The summed E-state index contributed by atoms with van der Waals surface area (Å²) >= 11 is 0. The molecule has 6 nitrogen and oxygen atoms in total. The van der Waals surface area contributed by atoms with Gasteiger partial charge in [-0.15, -0.1) is 0 Å². The quantitative estimate of drug-likeness (QED) is 0.601. The van der Waals surface area contributed by atoms with Gasteiger partial charge in [-0.3, -0.25) is 9.59 Å². The molecule has 2 rings (SSSR count). The summed E-state index contributed by atoms with van der Waals surface area (Å²) in [5.41, 5.74) is 0. The highest BCUT2D eigenvalue weighted by molar-refractivity contribution is 6.34. The summed E-state index contributed by atoms with van der Waals surface area (Å²) in [5.74, 6) is -0.706. The van der Waals surface area contributed by atoms with Crippen LogP contribution in [0.5, 0.6) is 0 Å². The fourth-order valence-electron chi connectivity index (χ4n) is 2.68. The number of carbonyl (C=O) groups is 2. The topological polar surface area (TPSA) is 72.9 Å². The van der Waals surface area contributed by atoms with E-state index in [9.17, 15) is 14.7 Å². The summed E-state index contributed by atoms with van der Waals surface area (Å²) < 4.78 is 0. The van der Waals surface area contributed by atoms with Crippen LogP contribution in [0.25, 0.3) is 0 Å². The van der Waals surface area contributed by atoms with Crippen molar-refractivity contribution in [1.29, 1.82) is 0 Å². The molecule has 2 fully saturated rings. The highest BCUT2D eigenvalue weighted by atomic mass is 16.3. The van der Waals surface area contributed by atoms with Crippen LogP contribution >= 0.6 is 0 Å². The van der Waals surface area contributed by atoms with Crippen LogP contribution in [0.15, 0.2) is 0 Å². The van der Waals surface area contributed by atoms with Crippen LogP contribution in [-0.4, -0.2) is 72.1 Å². The molecule has 2 saturated heterocycles. The van der Waals surface area contributed by atoms with Gasteiger partial charge in [-0.2, -0.15) is 0 Å². The smallest absolute Gasteiger partial charge is 0.312 e. The lowest BCUT2D eigenvalue weighted by Crippen LogP contribution is -2.45. The first-order valence-corrected chi connectivity index (χ1v) is 7.06. The Balaban J connectivity index is 1.90. The maximum Gasteiger partial charge on any atom is 0.312 e. The van der Waals surface area contributed by atoms with Crippen LogP contribution in [0.4, 0.5) is 0 Å². The van der Waals surface area contributed by atoms with E-state index in [-0.39, 0.29) is 5.92 Å². The molecular formula is C13H23N3O3. The number of aliphatic hydroxyl groups is 1. The average Bonchev–Trinajstić information content (AvgIpc) is 2.73. The Kier molecular flexibility index (Phi) is 4.76. The van der Waals surface area contributed by atoms with Crippen molar-refractivity contribution in [2.24, 2.45) is 5.92 Å². The summed E-state index contributed by atoms with van der Waals surface area (Å²) in [7, 11) is 0. The van der Waals surface area contributed by atoms with Crippen LogP contribution < -0.4 is 5.32 Å². The van der Waals surface area contributed by atoms with E-state index in [4.69, 9.17) is 0 Å². The summed E-state index contributed by atoms with van der Waals surface area (Å²) in [6, 6.07) is 0. The second-order valence-corrected chi connectivity index (χ2v) is 5.44. The van der Waals surface area contributed by atoms with Crippen LogP contribution in [0.1, 0.15) is 19.8 Å². The number of nitrogens with zero attached hydrogens (tertiary/aromatic N) is 2. The average molecular weight is 269 g/mol. The number of amides is 2. The van der Waals surface area contributed by atoms with Crippen molar-refractivity contribution >= 4 is 11.8 Å². The van der Waals surface area contributed by atoms with Gasteiger partial charge in [0.2, 0.25) is 0 Å². The number of hydrogen-bond donors (Lipinski definition) is 2. The molecule has 2 heterocycles. The van der Waals surface area contributed by atoms with Gasteiger partial charge in [0.15, 0.2) is 0 Å². The van der Waals surface area contributed by atoms with Gasteiger partial charge >= 0.3 is 11.8 Å². The Hall–Kier alpha value is -1.14. The standard InChI is InChI=1S/C13H23N3O3/c1-10(17)11-3-7-16(9-11)13(19)12(18)15-6-2-4-14-5-8-15/h10-11,14,17H,2-9H2,1H3. The van der Waals surface area contributed by atoms with Crippen LogP contribution in [0, 0.1) is 5.92 Å². The maximum absolute atomic E-state index is 12.2. The Bertz CT molecular complexity index is 338. The molecule has 19 heavy (non-hydrogen) atoms. The third-order valence-corrected chi connectivity index (χ3v) is 4.00. The molecule has 0 saturated carbocycles. The van der Waals surface area contributed by atoms with Crippen molar-refractivity contribution in [3.05, 3.63) is 0 Å². The number of carbonyl (C=O) groups excluding carboxylic acids is 2. The van der Waals surface area contributed by atoms with E-state index in [2.05, 4.69) is 5.32 Å². The number of nitrogens with one attached hydrogen (secondary N) is 1. The lowest BCUT2D eigenvalue weighted by molar-refractivity contribution is -0.151. The molecule has 0 spiro atoms. The van der Waals surface area contributed by atoms with Crippen LogP contribution in [-0.2, 0) is 9.59 Å². The van der Waals surface area contributed by atoms with Gasteiger partial charge in [-0.05, 0) is 26.3 Å². The molecule has 6 heteroatoms. The Morgan fingerprint density at radius 2 is 1.89 bits per heavy atom. The van der Waals surface area contributed by atoms with E-state index in [1.807, 2.05) is 0 Å². The maximum atomic E-state index is 12.2. The second kappa shape index (κ2) is 6.34. The van der Waals surface area contributed by atoms with Crippen LogP contribution in [0.2, 0.25) is 0 Å². The van der Waals surface area contributed by atoms with E-state index >= 15 is 0 Å². The highest BCUT2D eigenvalue weighted by Gasteiger charge is 2.34. The summed E-state index contributed by atoms with van der Waals surface area (Å²) in [6.45, 7) is 5.69. The second-order valence-electron chi connectivity index (χ2n) is 5.44. The zero-order valence-corrected chi connectivity index (χ0v) is 11.5. The number of hydrogen-bond acceptors (Lipinski definition) is 4. The minimum absolute atomic E-state index is 0.0996. The van der Waals surface area contributed by atoms with E-state index in [0.717, 1.165) is 25.9 Å². The van der Waals surface area contributed by atoms with Gasteiger partial charge in [-0.1, -0.05) is 0 Å². The van der Waals surface area contributed by atoms with Gasteiger partial charge in [0.25, 0.3) is 0 Å². The van der Waals surface area contributed by atoms with Gasteiger partial charge in [0.1, 0.15) is 0 Å². The van der Waals surface area contributed by atoms with E-state index in [1.165, 1.54) is 0 Å². The molecule has 2 aliphatic rings. The molecule has 2 amide bonds. The first kappa shape index (κ1) is 14.3. The summed E-state index contributed by atoms with van der Waals surface area (Å²) in [5, 5.41) is 12.7. The molecule has 0 aromatic heterocycles. The summed E-state index contributed by atoms with van der Waals surface area (Å²) in [6.07, 6.45) is 1.24. The Morgan fingerprint density at radius 3 is 2.58 bits per heavy atom. The zero-order chi connectivity index (χ0) is 13.8. The van der Waals surface area contributed by atoms with Crippen molar-refractivity contribution < 1.29 is 14.7 Å². The van der Waals surface area contributed by atoms with E-state index in [0.29, 0.717) is 26.2 Å². The molecule has 0 radical (unpaired) electrons.